The van der Waals surface area contributed by atoms with Gasteiger partial charge in [-0.3, -0.25) is 0 Å². The SMILES string of the molecule is COc1cc(Br)ccc1N.COc1ccccc1N. The third-order valence-electron chi connectivity index (χ3n) is 2.33. The molecule has 0 heterocycles. The molecule has 5 heteroatoms. The first-order valence-corrected chi connectivity index (χ1v) is 6.35. The minimum atomic E-state index is 0.658. The lowest BCUT2D eigenvalue weighted by Crippen LogP contribution is -1.90. The van der Waals surface area contributed by atoms with Gasteiger partial charge in [-0.15, -0.1) is 0 Å². The molecule has 0 fully saturated rings. The van der Waals surface area contributed by atoms with Crippen LogP contribution < -0.4 is 20.9 Å². The number of nitrogens with two attached hydrogens (primary N) is 2. The highest BCUT2D eigenvalue weighted by molar-refractivity contribution is 9.10. The van der Waals surface area contributed by atoms with Crippen LogP contribution >= 0.6 is 15.9 Å². The largest absolute Gasteiger partial charge is 0.495 e. The highest BCUT2D eigenvalue weighted by atomic mass is 79.9. The first kappa shape index (κ1) is 15.2. The van der Waals surface area contributed by atoms with E-state index in [1.807, 2.05) is 30.3 Å². The zero-order chi connectivity index (χ0) is 14.3. The van der Waals surface area contributed by atoms with Crippen LogP contribution in [-0.4, -0.2) is 14.2 Å². The van der Waals surface area contributed by atoms with Gasteiger partial charge in [-0.2, -0.15) is 0 Å². The number of benzene rings is 2. The summed E-state index contributed by atoms with van der Waals surface area (Å²) in [5.74, 6) is 1.44. The average Bonchev–Trinajstić information content (AvgIpc) is 2.43. The van der Waals surface area contributed by atoms with Gasteiger partial charge >= 0.3 is 0 Å². The predicted octanol–water partition coefficient (Wildman–Crippen LogP) is 3.32. The van der Waals surface area contributed by atoms with Crippen LogP contribution in [0.1, 0.15) is 0 Å². The van der Waals surface area contributed by atoms with Gasteiger partial charge in [-0.05, 0) is 30.3 Å². The Labute approximate surface area is 121 Å². The van der Waals surface area contributed by atoms with E-state index in [1.54, 1.807) is 26.4 Å². The molecule has 0 saturated carbocycles. The van der Waals surface area contributed by atoms with Gasteiger partial charge in [-0.1, -0.05) is 28.1 Å². The molecule has 0 bridgehead atoms. The molecule has 2 rings (SSSR count). The summed E-state index contributed by atoms with van der Waals surface area (Å²) in [7, 11) is 3.20. The molecule has 0 aliphatic carbocycles. The second-order valence-electron chi connectivity index (χ2n) is 3.63. The van der Waals surface area contributed by atoms with Crippen LogP contribution in [0, 0.1) is 0 Å². The van der Waals surface area contributed by atoms with E-state index in [0.717, 1.165) is 10.2 Å². The Morgan fingerprint density at radius 1 is 0.842 bits per heavy atom. The first-order chi connectivity index (χ1) is 9.08. The van der Waals surface area contributed by atoms with Crippen molar-refractivity contribution in [3.63, 3.8) is 0 Å². The van der Waals surface area contributed by atoms with E-state index in [4.69, 9.17) is 20.9 Å². The number of halogens is 1. The van der Waals surface area contributed by atoms with E-state index >= 15 is 0 Å². The fourth-order valence-corrected chi connectivity index (χ4v) is 1.69. The van der Waals surface area contributed by atoms with E-state index in [9.17, 15) is 0 Å². The van der Waals surface area contributed by atoms with E-state index in [-0.39, 0.29) is 0 Å². The first-order valence-electron chi connectivity index (χ1n) is 5.56. The summed E-state index contributed by atoms with van der Waals surface area (Å²) in [4.78, 5) is 0. The molecule has 2 aromatic carbocycles. The molecule has 0 spiro atoms. The van der Waals surface area contributed by atoms with Crippen molar-refractivity contribution in [2.75, 3.05) is 25.7 Å². The molecule has 0 radical (unpaired) electrons. The van der Waals surface area contributed by atoms with Gasteiger partial charge < -0.3 is 20.9 Å². The number of para-hydroxylation sites is 2. The van der Waals surface area contributed by atoms with Crippen molar-refractivity contribution in [2.24, 2.45) is 0 Å². The molecule has 102 valence electrons. The molecule has 0 aliphatic rings. The van der Waals surface area contributed by atoms with Crippen molar-refractivity contribution < 1.29 is 9.47 Å². The lowest BCUT2D eigenvalue weighted by atomic mass is 10.3. The van der Waals surface area contributed by atoms with Gasteiger partial charge in [0.2, 0.25) is 0 Å². The smallest absolute Gasteiger partial charge is 0.142 e. The van der Waals surface area contributed by atoms with Crippen LogP contribution in [0.15, 0.2) is 46.9 Å². The van der Waals surface area contributed by atoms with Crippen LogP contribution in [0.5, 0.6) is 11.5 Å². The van der Waals surface area contributed by atoms with Crippen LogP contribution in [0.3, 0.4) is 0 Å². The minimum absolute atomic E-state index is 0.658. The third-order valence-corrected chi connectivity index (χ3v) is 2.83. The minimum Gasteiger partial charge on any atom is -0.495 e. The fraction of sp³-hybridized carbons (Fsp3) is 0.143. The molecule has 0 amide bonds. The van der Waals surface area contributed by atoms with Gasteiger partial charge in [0.05, 0.1) is 25.6 Å². The number of hydrogen-bond donors (Lipinski definition) is 2. The van der Waals surface area contributed by atoms with Crippen LogP contribution in [0.2, 0.25) is 0 Å². The Morgan fingerprint density at radius 3 is 1.89 bits per heavy atom. The summed E-state index contributed by atoms with van der Waals surface area (Å²) in [6.45, 7) is 0. The van der Waals surface area contributed by atoms with Gasteiger partial charge in [0.25, 0.3) is 0 Å². The van der Waals surface area contributed by atoms with Gasteiger partial charge in [-0.25, -0.2) is 0 Å². The molecular formula is C14H17BrN2O2. The van der Waals surface area contributed by atoms with Crippen molar-refractivity contribution >= 4 is 27.3 Å². The summed E-state index contributed by atoms with van der Waals surface area (Å²) in [6, 6.07) is 12.9. The lowest BCUT2D eigenvalue weighted by Gasteiger charge is -2.02. The molecule has 0 aliphatic heterocycles. The highest BCUT2D eigenvalue weighted by Crippen LogP contribution is 2.24. The summed E-state index contributed by atoms with van der Waals surface area (Å²) < 4.78 is 10.9. The molecule has 0 atom stereocenters. The number of ether oxygens (including phenoxy) is 2. The van der Waals surface area contributed by atoms with Crippen molar-refractivity contribution in [3.8, 4) is 11.5 Å². The van der Waals surface area contributed by atoms with Gasteiger partial charge in [0.1, 0.15) is 11.5 Å². The van der Waals surface area contributed by atoms with E-state index in [0.29, 0.717) is 17.1 Å². The second-order valence-corrected chi connectivity index (χ2v) is 4.54. The Kier molecular flexibility index (Phi) is 6.02. The molecular weight excluding hydrogens is 308 g/mol. The van der Waals surface area contributed by atoms with Crippen LogP contribution in [-0.2, 0) is 0 Å². The lowest BCUT2D eigenvalue weighted by molar-refractivity contribution is 0.416. The maximum atomic E-state index is 5.55. The quantitative estimate of drug-likeness (QED) is 0.831. The topological polar surface area (TPSA) is 70.5 Å². The molecule has 0 saturated heterocycles. The Bertz CT molecular complexity index is 533. The van der Waals surface area contributed by atoms with Gasteiger partial charge in [0, 0.05) is 4.47 Å². The molecule has 0 aromatic heterocycles. The number of nitrogen functional groups attached to an aromatic ring is 2. The third kappa shape index (κ3) is 4.71. The molecule has 19 heavy (non-hydrogen) atoms. The summed E-state index contributed by atoms with van der Waals surface area (Å²) in [6.07, 6.45) is 0. The van der Waals surface area contributed by atoms with E-state index in [1.165, 1.54) is 0 Å². The monoisotopic (exact) mass is 324 g/mol. The standard InChI is InChI=1S/C7H8BrNO.C7H9NO/c1-10-7-4-5(8)2-3-6(7)9;1-9-7-5-3-2-4-6(7)8/h2-4H,9H2,1H3;2-5H,8H2,1H3. The summed E-state index contributed by atoms with van der Waals surface area (Å²) in [5.41, 5.74) is 12.4. The predicted molar refractivity (Wildman–Crippen MR) is 82.5 cm³/mol. The van der Waals surface area contributed by atoms with Crippen molar-refractivity contribution in [2.45, 2.75) is 0 Å². The van der Waals surface area contributed by atoms with Crippen molar-refractivity contribution in [3.05, 3.63) is 46.9 Å². The molecule has 2 aromatic rings. The molecule has 4 N–H and O–H groups in total. The maximum Gasteiger partial charge on any atom is 0.142 e. The normalized spacial score (nSPS) is 9.21. The Hall–Kier alpha value is -1.88. The molecule has 4 nitrogen and oxygen atoms in total. The number of hydrogen-bond acceptors (Lipinski definition) is 4. The number of rotatable bonds is 2. The van der Waals surface area contributed by atoms with Crippen molar-refractivity contribution in [1.29, 1.82) is 0 Å². The van der Waals surface area contributed by atoms with Crippen LogP contribution in [0.25, 0.3) is 0 Å². The molecule has 0 unspecified atom stereocenters. The summed E-state index contributed by atoms with van der Waals surface area (Å²) in [5, 5.41) is 0. The zero-order valence-corrected chi connectivity index (χ0v) is 12.5. The zero-order valence-electron chi connectivity index (χ0n) is 10.9. The van der Waals surface area contributed by atoms with Crippen molar-refractivity contribution in [1.82, 2.24) is 0 Å². The fourth-order valence-electron chi connectivity index (χ4n) is 1.35. The highest BCUT2D eigenvalue weighted by Gasteiger charge is 1.96. The Morgan fingerprint density at radius 2 is 1.42 bits per heavy atom. The van der Waals surface area contributed by atoms with Gasteiger partial charge in [0.15, 0.2) is 0 Å². The Balaban J connectivity index is 0.000000191. The van der Waals surface area contributed by atoms with Crippen LogP contribution in [0.4, 0.5) is 11.4 Å². The second kappa shape index (κ2) is 7.53. The summed E-state index contributed by atoms with van der Waals surface area (Å²) >= 11 is 3.30. The number of methoxy groups -OCH3 is 2. The van der Waals surface area contributed by atoms with E-state index < -0.39 is 0 Å². The number of anilines is 2. The van der Waals surface area contributed by atoms with E-state index in [2.05, 4.69) is 15.9 Å². The average molecular weight is 325 g/mol. The maximum absolute atomic E-state index is 5.55.